The molecule has 1 aliphatic rings. The Morgan fingerprint density at radius 2 is 2.23 bits per heavy atom. The van der Waals surface area contributed by atoms with E-state index < -0.39 is 5.97 Å². The minimum absolute atomic E-state index is 0.108. The number of hydrogen-bond donors (Lipinski definition) is 2. The molecule has 13 heavy (non-hydrogen) atoms. The van der Waals surface area contributed by atoms with Gasteiger partial charge in [-0.15, -0.1) is 0 Å². The van der Waals surface area contributed by atoms with Crippen LogP contribution in [0.3, 0.4) is 0 Å². The summed E-state index contributed by atoms with van der Waals surface area (Å²) in [6.45, 7) is 3.50. The third kappa shape index (κ3) is 2.19. The molecule has 4 heteroatoms. The molecule has 2 unspecified atom stereocenters. The lowest BCUT2D eigenvalue weighted by Crippen LogP contribution is -2.50. The van der Waals surface area contributed by atoms with Crippen LogP contribution in [0.1, 0.15) is 19.8 Å². The Balaban J connectivity index is 2.45. The zero-order valence-electron chi connectivity index (χ0n) is 7.94. The second kappa shape index (κ2) is 4.58. The van der Waals surface area contributed by atoms with Crippen molar-refractivity contribution in [1.82, 2.24) is 4.90 Å². The molecule has 0 spiro atoms. The van der Waals surface area contributed by atoms with Gasteiger partial charge in [-0.25, -0.2) is 0 Å². The van der Waals surface area contributed by atoms with Crippen molar-refractivity contribution in [3.63, 3.8) is 0 Å². The maximum atomic E-state index is 10.7. The van der Waals surface area contributed by atoms with E-state index in [1.54, 1.807) is 0 Å². The number of hydrogen-bond acceptors (Lipinski definition) is 3. The maximum absolute atomic E-state index is 10.7. The first-order chi connectivity index (χ1) is 6.20. The second-order valence-corrected chi connectivity index (χ2v) is 3.44. The molecule has 0 saturated heterocycles. The molecule has 2 atom stereocenters. The summed E-state index contributed by atoms with van der Waals surface area (Å²) in [4.78, 5) is 12.8. The summed E-state index contributed by atoms with van der Waals surface area (Å²) in [7, 11) is 0. The molecule has 0 aliphatic heterocycles. The van der Waals surface area contributed by atoms with Gasteiger partial charge in [-0.05, 0) is 19.4 Å². The van der Waals surface area contributed by atoms with Crippen LogP contribution < -0.4 is 0 Å². The van der Waals surface area contributed by atoms with Gasteiger partial charge in [-0.2, -0.15) is 0 Å². The van der Waals surface area contributed by atoms with E-state index >= 15 is 0 Å². The highest BCUT2D eigenvalue weighted by Crippen LogP contribution is 2.31. The fourth-order valence-corrected chi connectivity index (χ4v) is 1.89. The van der Waals surface area contributed by atoms with E-state index in [9.17, 15) is 4.79 Å². The molecule has 2 N–H and O–H groups in total. The van der Waals surface area contributed by atoms with Crippen LogP contribution in [-0.2, 0) is 4.79 Å². The third-order valence-electron chi connectivity index (χ3n) is 2.82. The number of carboxylic acid groups (broad SMARTS) is 1. The highest BCUT2D eigenvalue weighted by molar-refractivity contribution is 5.72. The van der Waals surface area contributed by atoms with Gasteiger partial charge >= 0.3 is 5.97 Å². The molecule has 1 fully saturated rings. The molecule has 1 aliphatic carbocycles. The van der Waals surface area contributed by atoms with Crippen molar-refractivity contribution >= 4 is 5.97 Å². The summed E-state index contributed by atoms with van der Waals surface area (Å²) in [5, 5.41) is 17.6. The quantitative estimate of drug-likeness (QED) is 0.644. The highest BCUT2D eigenvalue weighted by Gasteiger charge is 2.39. The zero-order chi connectivity index (χ0) is 9.84. The van der Waals surface area contributed by atoms with Gasteiger partial charge in [-0.1, -0.05) is 6.92 Å². The van der Waals surface area contributed by atoms with Crippen molar-refractivity contribution in [2.45, 2.75) is 25.8 Å². The molecule has 76 valence electrons. The van der Waals surface area contributed by atoms with E-state index in [1.165, 1.54) is 0 Å². The number of likely N-dealkylation sites (N-methyl/N-ethyl adjacent to an activating group) is 1. The van der Waals surface area contributed by atoms with Crippen molar-refractivity contribution in [2.24, 2.45) is 5.92 Å². The number of aliphatic hydroxyl groups excluding tert-OH is 1. The monoisotopic (exact) mass is 187 g/mol. The van der Waals surface area contributed by atoms with Crippen molar-refractivity contribution in [1.29, 1.82) is 0 Å². The average molecular weight is 187 g/mol. The zero-order valence-corrected chi connectivity index (χ0v) is 7.94. The number of carbonyl (C=O) groups is 1. The van der Waals surface area contributed by atoms with Gasteiger partial charge < -0.3 is 10.2 Å². The van der Waals surface area contributed by atoms with Crippen molar-refractivity contribution in [3.8, 4) is 0 Å². The summed E-state index contributed by atoms with van der Waals surface area (Å²) in [6, 6.07) is 0.148. The molecule has 0 radical (unpaired) electrons. The van der Waals surface area contributed by atoms with Crippen LogP contribution in [0.4, 0.5) is 0 Å². The van der Waals surface area contributed by atoms with E-state index in [4.69, 9.17) is 10.2 Å². The van der Waals surface area contributed by atoms with Gasteiger partial charge in [0.2, 0.25) is 0 Å². The Bertz CT molecular complexity index is 184. The number of aliphatic carboxylic acids is 1. The molecular weight excluding hydrogens is 170 g/mol. The lowest BCUT2D eigenvalue weighted by atomic mass is 9.78. The van der Waals surface area contributed by atoms with Gasteiger partial charge in [0.15, 0.2) is 0 Å². The lowest BCUT2D eigenvalue weighted by molar-refractivity contribution is -0.149. The standard InChI is InChI=1S/C9H17NO3/c1-2-10(5-6-11)8-4-3-7(8)9(12)13/h7-8,11H,2-6H2,1H3,(H,12,13). The van der Waals surface area contributed by atoms with Crippen molar-refractivity contribution in [2.75, 3.05) is 19.7 Å². The minimum atomic E-state index is -0.701. The van der Waals surface area contributed by atoms with E-state index in [0.29, 0.717) is 6.54 Å². The van der Waals surface area contributed by atoms with Gasteiger partial charge in [0.25, 0.3) is 0 Å². The van der Waals surface area contributed by atoms with Crippen LogP contribution in [0.15, 0.2) is 0 Å². The van der Waals surface area contributed by atoms with Crippen LogP contribution in [0, 0.1) is 5.92 Å². The Morgan fingerprint density at radius 3 is 2.54 bits per heavy atom. The van der Waals surface area contributed by atoms with Crippen molar-refractivity contribution in [3.05, 3.63) is 0 Å². The predicted octanol–water partition coefficient (Wildman–Crippen LogP) is 0.164. The van der Waals surface area contributed by atoms with E-state index in [0.717, 1.165) is 19.4 Å². The Morgan fingerprint density at radius 1 is 1.54 bits per heavy atom. The number of nitrogens with zero attached hydrogens (tertiary/aromatic N) is 1. The maximum Gasteiger partial charge on any atom is 0.308 e. The van der Waals surface area contributed by atoms with Gasteiger partial charge in [0.05, 0.1) is 12.5 Å². The molecule has 0 heterocycles. The molecule has 1 rings (SSSR count). The molecule has 0 bridgehead atoms. The lowest BCUT2D eigenvalue weighted by Gasteiger charge is -2.41. The average Bonchev–Trinajstić information content (AvgIpc) is 2.00. The number of aliphatic hydroxyl groups is 1. The van der Waals surface area contributed by atoms with Gasteiger partial charge in [-0.3, -0.25) is 9.69 Å². The third-order valence-corrected chi connectivity index (χ3v) is 2.82. The van der Waals surface area contributed by atoms with E-state index in [1.807, 2.05) is 11.8 Å². The van der Waals surface area contributed by atoms with Gasteiger partial charge in [0.1, 0.15) is 0 Å². The molecule has 0 amide bonds. The first-order valence-electron chi connectivity index (χ1n) is 4.78. The van der Waals surface area contributed by atoms with Crippen LogP contribution in [0.25, 0.3) is 0 Å². The number of carboxylic acids is 1. The second-order valence-electron chi connectivity index (χ2n) is 3.44. The van der Waals surface area contributed by atoms with E-state index in [-0.39, 0.29) is 18.6 Å². The molecule has 1 saturated carbocycles. The van der Waals surface area contributed by atoms with Gasteiger partial charge in [0, 0.05) is 12.6 Å². The SMILES string of the molecule is CCN(CCO)C1CCC1C(=O)O. The Kier molecular flexibility index (Phi) is 3.69. The van der Waals surface area contributed by atoms with Crippen LogP contribution in [-0.4, -0.2) is 46.8 Å². The topological polar surface area (TPSA) is 60.8 Å². The number of rotatable bonds is 5. The predicted molar refractivity (Wildman–Crippen MR) is 48.5 cm³/mol. The summed E-state index contributed by atoms with van der Waals surface area (Å²) in [5.41, 5.74) is 0. The Labute approximate surface area is 78.2 Å². The summed E-state index contributed by atoms with van der Waals surface area (Å²) < 4.78 is 0. The summed E-state index contributed by atoms with van der Waals surface area (Å²) in [5.74, 6) is -0.917. The van der Waals surface area contributed by atoms with Crippen LogP contribution >= 0.6 is 0 Å². The fourth-order valence-electron chi connectivity index (χ4n) is 1.89. The summed E-state index contributed by atoms with van der Waals surface area (Å²) in [6.07, 6.45) is 1.73. The molecular formula is C9H17NO3. The fraction of sp³-hybridized carbons (Fsp3) is 0.889. The Hall–Kier alpha value is -0.610. The van der Waals surface area contributed by atoms with Crippen molar-refractivity contribution < 1.29 is 15.0 Å². The van der Waals surface area contributed by atoms with Crippen LogP contribution in [0.2, 0.25) is 0 Å². The van der Waals surface area contributed by atoms with E-state index in [2.05, 4.69) is 0 Å². The normalized spacial score (nSPS) is 27.3. The molecule has 4 nitrogen and oxygen atoms in total. The smallest absolute Gasteiger partial charge is 0.308 e. The first-order valence-corrected chi connectivity index (χ1v) is 4.78. The summed E-state index contributed by atoms with van der Waals surface area (Å²) >= 11 is 0. The molecule has 0 aromatic heterocycles. The molecule has 0 aromatic rings. The largest absolute Gasteiger partial charge is 0.481 e. The first kappa shape index (κ1) is 10.5. The van der Waals surface area contributed by atoms with Crippen LogP contribution in [0.5, 0.6) is 0 Å². The molecule has 0 aromatic carbocycles. The highest BCUT2D eigenvalue weighted by atomic mass is 16.4. The minimum Gasteiger partial charge on any atom is -0.481 e.